The van der Waals surface area contributed by atoms with Gasteiger partial charge in [-0.15, -0.1) is 22.7 Å². The molecule has 21 heavy (non-hydrogen) atoms. The minimum Gasteiger partial charge on any atom is -0.391 e. The lowest BCUT2D eigenvalue weighted by Crippen LogP contribution is -2.45. The van der Waals surface area contributed by atoms with Crippen LogP contribution in [0.2, 0.25) is 0 Å². The first kappa shape index (κ1) is 14.7. The molecule has 3 rings (SSSR count). The molecule has 4 nitrogen and oxygen atoms in total. The highest BCUT2D eigenvalue weighted by atomic mass is 32.1. The third-order valence-electron chi connectivity index (χ3n) is 3.93. The first-order valence-electron chi connectivity index (χ1n) is 7.05. The van der Waals surface area contributed by atoms with Gasteiger partial charge in [-0.2, -0.15) is 0 Å². The Balaban J connectivity index is 1.82. The van der Waals surface area contributed by atoms with E-state index in [2.05, 4.69) is 4.98 Å². The minimum atomic E-state index is -0.423. The van der Waals surface area contributed by atoms with Crippen molar-refractivity contribution in [2.24, 2.45) is 5.92 Å². The molecule has 0 aromatic carbocycles. The van der Waals surface area contributed by atoms with Crippen molar-refractivity contribution in [3.05, 3.63) is 28.1 Å². The Kier molecular flexibility index (Phi) is 4.10. The smallest absolute Gasteiger partial charge is 0.265 e. The van der Waals surface area contributed by atoms with E-state index in [4.69, 9.17) is 0 Å². The summed E-state index contributed by atoms with van der Waals surface area (Å²) in [6.45, 7) is 5.04. The summed E-state index contributed by atoms with van der Waals surface area (Å²) in [5.74, 6) is 0.261. The van der Waals surface area contributed by atoms with Crippen molar-refractivity contribution in [3.8, 4) is 9.88 Å². The van der Waals surface area contributed by atoms with Crippen LogP contribution in [0.5, 0.6) is 0 Å². The quantitative estimate of drug-likeness (QED) is 0.924. The van der Waals surface area contributed by atoms with E-state index in [1.165, 1.54) is 11.3 Å². The van der Waals surface area contributed by atoms with Gasteiger partial charge in [0.15, 0.2) is 0 Å². The summed E-state index contributed by atoms with van der Waals surface area (Å²) in [6, 6.07) is 4.00. The molecule has 0 radical (unpaired) electrons. The Labute approximate surface area is 132 Å². The third kappa shape index (κ3) is 2.88. The predicted molar refractivity (Wildman–Crippen MR) is 85.9 cm³/mol. The lowest BCUT2D eigenvalue weighted by Gasteiger charge is -2.34. The van der Waals surface area contributed by atoms with E-state index in [-0.39, 0.29) is 11.8 Å². The molecule has 1 aliphatic heterocycles. The lowest BCUT2D eigenvalue weighted by molar-refractivity contribution is 0.0251. The SMILES string of the molecule is Cc1nc(-c2cccs2)sc1C(=O)N1CCC(C)C(O)C1. The molecule has 1 fully saturated rings. The molecule has 1 saturated heterocycles. The summed E-state index contributed by atoms with van der Waals surface area (Å²) in [6.07, 6.45) is 0.426. The molecule has 1 amide bonds. The number of aromatic nitrogens is 1. The normalized spacial score (nSPS) is 22.5. The van der Waals surface area contributed by atoms with E-state index in [1.54, 1.807) is 16.2 Å². The van der Waals surface area contributed by atoms with E-state index < -0.39 is 6.10 Å². The molecular weight excluding hydrogens is 304 g/mol. The molecule has 0 saturated carbocycles. The highest BCUT2D eigenvalue weighted by Crippen LogP contribution is 2.32. The Morgan fingerprint density at radius 3 is 3.00 bits per heavy atom. The molecule has 0 aliphatic carbocycles. The van der Waals surface area contributed by atoms with Gasteiger partial charge in [0.25, 0.3) is 5.91 Å². The van der Waals surface area contributed by atoms with E-state index >= 15 is 0 Å². The summed E-state index contributed by atoms with van der Waals surface area (Å²) < 4.78 is 0. The first-order chi connectivity index (χ1) is 10.1. The molecule has 2 unspecified atom stereocenters. The van der Waals surface area contributed by atoms with Crippen molar-refractivity contribution >= 4 is 28.6 Å². The summed E-state index contributed by atoms with van der Waals surface area (Å²) >= 11 is 3.08. The van der Waals surface area contributed by atoms with Crippen LogP contribution in [0, 0.1) is 12.8 Å². The van der Waals surface area contributed by atoms with Crippen molar-refractivity contribution in [2.45, 2.75) is 26.4 Å². The molecular formula is C15H18N2O2S2. The maximum absolute atomic E-state index is 12.6. The summed E-state index contributed by atoms with van der Waals surface area (Å²) in [7, 11) is 0. The van der Waals surface area contributed by atoms with Crippen molar-refractivity contribution in [2.75, 3.05) is 13.1 Å². The minimum absolute atomic E-state index is 0.00115. The molecule has 2 aromatic heterocycles. The van der Waals surface area contributed by atoms with E-state index in [0.29, 0.717) is 18.0 Å². The fourth-order valence-electron chi connectivity index (χ4n) is 2.48. The van der Waals surface area contributed by atoms with Crippen LogP contribution >= 0.6 is 22.7 Å². The van der Waals surface area contributed by atoms with Crippen LogP contribution in [0.1, 0.15) is 28.7 Å². The predicted octanol–water partition coefficient (Wildman–Crippen LogP) is 3.02. The standard InChI is InChI=1S/C15H18N2O2S2/c1-9-5-6-17(8-11(9)18)15(19)13-10(2)16-14(21-13)12-4-3-7-20-12/h3-4,7,9,11,18H,5-6,8H2,1-2H3. The zero-order valence-corrected chi connectivity index (χ0v) is 13.7. The highest BCUT2D eigenvalue weighted by Gasteiger charge is 2.29. The zero-order valence-electron chi connectivity index (χ0n) is 12.1. The molecule has 1 aliphatic rings. The Morgan fingerprint density at radius 1 is 1.52 bits per heavy atom. The molecule has 3 heterocycles. The second-order valence-corrected chi connectivity index (χ2v) is 7.44. The number of thiazole rings is 1. The zero-order chi connectivity index (χ0) is 15.0. The number of aryl methyl sites for hydroxylation is 1. The maximum Gasteiger partial charge on any atom is 0.265 e. The molecule has 6 heteroatoms. The van der Waals surface area contributed by atoms with Crippen LogP contribution in [0.15, 0.2) is 17.5 Å². The number of thiophene rings is 1. The summed E-state index contributed by atoms with van der Waals surface area (Å²) in [5.41, 5.74) is 0.779. The van der Waals surface area contributed by atoms with Crippen LogP contribution in [-0.4, -0.2) is 40.1 Å². The van der Waals surface area contributed by atoms with Crippen molar-refractivity contribution < 1.29 is 9.90 Å². The molecule has 2 aromatic rings. The average Bonchev–Trinajstić information content (AvgIpc) is 3.10. The van der Waals surface area contributed by atoms with Gasteiger partial charge in [-0.25, -0.2) is 4.98 Å². The van der Waals surface area contributed by atoms with Crippen molar-refractivity contribution in [3.63, 3.8) is 0 Å². The number of carbonyl (C=O) groups is 1. The number of hydrogen-bond donors (Lipinski definition) is 1. The van der Waals surface area contributed by atoms with Crippen molar-refractivity contribution in [1.82, 2.24) is 9.88 Å². The van der Waals surface area contributed by atoms with E-state index in [0.717, 1.165) is 22.0 Å². The number of amides is 1. The van der Waals surface area contributed by atoms with Gasteiger partial charge in [0.2, 0.25) is 0 Å². The number of aliphatic hydroxyl groups is 1. The van der Waals surface area contributed by atoms with Crippen molar-refractivity contribution in [1.29, 1.82) is 0 Å². The monoisotopic (exact) mass is 322 g/mol. The van der Waals surface area contributed by atoms with Gasteiger partial charge >= 0.3 is 0 Å². The van der Waals surface area contributed by atoms with E-state index in [1.807, 2.05) is 31.4 Å². The number of hydrogen-bond acceptors (Lipinski definition) is 5. The molecule has 112 valence electrons. The lowest BCUT2D eigenvalue weighted by atomic mass is 9.96. The number of rotatable bonds is 2. The van der Waals surface area contributed by atoms with E-state index in [9.17, 15) is 9.90 Å². The average molecular weight is 322 g/mol. The van der Waals surface area contributed by atoms with Gasteiger partial charge in [-0.1, -0.05) is 13.0 Å². The molecule has 1 N–H and O–H groups in total. The Bertz CT molecular complexity index is 636. The maximum atomic E-state index is 12.6. The van der Waals surface area contributed by atoms with Crippen LogP contribution in [0.4, 0.5) is 0 Å². The van der Waals surface area contributed by atoms with Gasteiger partial charge < -0.3 is 10.0 Å². The van der Waals surface area contributed by atoms with Gasteiger partial charge in [0.05, 0.1) is 16.7 Å². The Morgan fingerprint density at radius 2 is 2.33 bits per heavy atom. The van der Waals surface area contributed by atoms with Gasteiger partial charge in [-0.05, 0) is 30.7 Å². The fraction of sp³-hybridized carbons (Fsp3) is 0.467. The second kappa shape index (κ2) is 5.87. The molecule has 2 atom stereocenters. The van der Waals surface area contributed by atoms with Crippen LogP contribution in [0.3, 0.4) is 0 Å². The first-order valence-corrected chi connectivity index (χ1v) is 8.74. The fourth-order valence-corrected chi connectivity index (χ4v) is 4.31. The van der Waals surface area contributed by atoms with Gasteiger partial charge in [-0.3, -0.25) is 4.79 Å². The highest BCUT2D eigenvalue weighted by molar-refractivity contribution is 7.22. The Hall–Kier alpha value is -1.24. The topological polar surface area (TPSA) is 53.4 Å². The summed E-state index contributed by atoms with van der Waals surface area (Å²) in [4.78, 5) is 20.7. The second-order valence-electron chi connectivity index (χ2n) is 5.50. The number of β-amino-alcohol motifs (C(OH)–C–C–N with tert-alkyl or cyclic N) is 1. The number of carbonyl (C=O) groups excluding carboxylic acids is 1. The molecule has 0 bridgehead atoms. The number of nitrogens with zero attached hydrogens (tertiary/aromatic N) is 2. The van der Waals surface area contributed by atoms with Crippen LogP contribution in [0.25, 0.3) is 9.88 Å². The number of piperidine rings is 1. The van der Waals surface area contributed by atoms with Gasteiger partial charge in [0, 0.05) is 13.1 Å². The summed E-state index contributed by atoms with van der Waals surface area (Å²) in [5, 5.41) is 12.9. The largest absolute Gasteiger partial charge is 0.391 e. The van der Waals surface area contributed by atoms with Crippen LogP contribution in [-0.2, 0) is 0 Å². The third-order valence-corrected chi connectivity index (χ3v) is 6.11. The number of likely N-dealkylation sites (tertiary alicyclic amines) is 1. The van der Waals surface area contributed by atoms with Crippen LogP contribution < -0.4 is 0 Å². The molecule has 0 spiro atoms. The number of aliphatic hydroxyl groups excluding tert-OH is 1. The van der Waals surface area contributed by atoms with Gasteiger partial charge in [0.1, 0.15) is 9.88 Å².